The first-order valence-corrected chi connectivity index (χ1v) is 8.20. The van der Waals surface area contributed by atoms with E-state index in [1.807, 2.05) is 30.3 Å². The van der Waals surface area contributed by atoms with Gasteiger partial charge in [0.2, 0.25) is 0 Å². The number of piperazine rings is 1. The van der Waals surface area contributed by atoms with E-state index in [0.29, 0.717) is 36.1 Å². The van der Waals surface area contributed by atoms with E-state index in [2.05, 4.69) is 15.0 Å². The van der Waals surface area contributed by atoms with E-state index >= 15 is 0 Å². The van der Waals surface area contributed by atoms with Gasteiger partial charge in [0.1, 0.15) is 12.0 Å². The van der Waals surface area contributed by atoms with Crippen LogP contribution >= 0.6 is 0 Å². The van der Waals surface area contributed by atoms with Gasteiger partial charge in [-0.3, -0.25) is 14.7 Å². The Kier molecular flexibility index (Phi) is 4.07. The maximum Gasteiger partial charge on any atom is 0.258 e. The smallest absolute Gasteiger partial charge is 0.258 e. The van der Waals surface area contributed by atoms with Crippen LogP contribution in [0.2, 0.25) is 0 Å². The zero-order chi connectivity index (χ0) is 17.2. The van der Waals surface area contributed by atoms with Gasteiger partial charge in [-0.05, 0) is 6.07 Å². The summed E-state index contributed by atoms with van der Waals surface area (Å²) in [5, 5.41) is 14.8. The first-order valence-electron chi connectivity index (χ1n) is 8.20. The van der Waals surface area contributed by atoms with E-state index in [1.54, 1.807) is 11.2 Å². The zero-order valence-electron chi connectivity index (χ0n) is 13.6. The van der Waals surface area contributed by atoms with Crippen molar-refractivity contribution in [3.63, 3.8) is 0 Å². The summed E-state index contributed by atoms with van der Waals surface area (Å²) in [5.74, 6) is -0.231. The molecule has 4 rings (SSSR count). The normalized spacial score (nSPS) is 15.6. The molecular weight excluding hydrogens is 320 g/mol. The van der Waals surface area contributed by atoms with Crippen LogP contribution in [-0.4, -0.2) is 57.1 Å². The molecule has 1 N–H and O–H groups in total. The van der Waals surface area contributed by atoms with E-state index in [9.17, 15) is 9.90 Å². The third kappa shape index (κ3) is 3.06. The Balaban J connectivity index is 1.50. The number of carbonyl (C=O) groups is 1. The number of fused-ring (bicyclic) bond motifs is 1. The van der Waals surface area contributed by atoms with Gasteiger partial charge >= 0.3 is 0 Å². The number of aromatic nitrogens is 2. The number of nitrogens with zero attached hydrogens (tertiary/aromatic N) is 4. The van der Waals surface area contributed by atoms with Crippen molar-refractivity contribution in [2.75, 3.05) is 26.2 Å². The van der Waals surface area contributed by atoms with E-state index in [0.717, 1.165) is 18.8 Å². The molecule has 7 nitrogen and oxygen atoms in total. The minimum atomic E-state index is -0.155. The SMILES string of the molecule is O=C(c1c(O)cnc2ccccc12)N1CCN(Cc2ccon2)CC1. The fourth-order valence-electron chi connectivity index (χ4n) is 3.17. The average molecular weight is 338 g/mol. The average Bonchev–Trinajstić information content (AvgIpc) is 3.15. The highest BCUT2D eigenvalue weighted by atomic mass is 16.5. The molecule has 2 aromatic heterocycles. The fraction of sp³-hybridized carbons (Fsp3) is 0.278. The van der Waals surface area contributed by atoms with Gasteiger partial charge in [-0.2, -0.15) is 0 Å². The molecule has 3 aromatic rings. The molecule has 1 amide bonds. The van der Waals surface area contributed by atoms with Crippen molar-refractivity contribution in [1.29, 1.82) is 0 Å². The highest BCUT2D eigenvalue weighted by molar-refractivity contribution is 6.08. The van der Waals surface area contributed by atoms with Crippen LogP contribution in [-0.2, 0) is 6.54 Å². The molecule has 0 radical (unpaired) electrons. The summed E-state index contributed by atoms with van der Waals surface area (Å²) in [4.78, 5) is 21.1. The highest BCUT2D eigenvalue weighted by Crippen LogP contribution is 2.27. The van der Waals surface area contributed by atoms with Crippen LogP contribution in [0.4, 0.5) is 0 Å². The van der Waals surface area contributed by atoms with Crippen molar-refractivity contribution in [3.8, 4) is 5.75 Å². The lowest BCUT2D eigenvalue weighted by molar-refractivity contribution is 0.0625. The molecule has 0 atom stereocenters. The second kappa shape index (κ2) is 6.52. The molecule has 7 heteroatoms. The summed E-state index contributed by atoms with van der Waals surface area (Å²) in [6.07, 6.45) is 2.91. The second-order valence-electron chi connectivity index (χ2n) is 6.09. The van der Waals surface area contributed by atoms with Crippen LogP contribution in [0.25, 0.3) is 10.9 Å². The van der Waals surface area contributed by atoms with Crippen LogP contribution in [0, 0.1) is 0 Å². The summed E-state index contributed by atoms with van der Waals surface area (Å²) in [5.41, 5.74) is 1.92. The fourth-order valence-corrected chi connectivity index (χ4v) is 3.17. The van der Waals surface area contributed by atoms with Crippen molar-refractivity contribution >= 4 is 16.8 Å². The number of para-hydroxylation sites is 1. The Labute approximate surface area is 144 Å². The molecule has 0 unspecified atom stereocenters. The summed E-state index contributed by atoms with van der Waals surface area (Å²) in [7, 11) is 0. The van der Waals surface area contributed by atoms with E-state index < -0.39 is 0 Å². The van der Waals surface area contributed by atoms with Crippen molar-refractivity contribution in [1.82, 2.24) is 19.9 Å². The molecular formula is C18H18N4O3. The minimum absolute atomic E-state index is 0.0753. The van der Waals surface area contributed by atoms with Crippen LogP contribution in [0.5, 0.6) is 5.75 Å². The molecule has 1 saturated heterocycles. The van der Waals surface area contributed by atoms with Crippen molar-refractivity contribution in [3.05, 3.63) is 54.0 Å². The topological polar surface area (TPSA) is 82.7 Å². The van der Waals surface area contributed by atoms with E-state index in [-0.39, 0.29) is 11.7 Å². The summed E-state index contributed by atoms with van der Waals surface area (Å²) in [6.45, 7) is 3.42. The van der Waals surface area contributed by atoms with E-state index in [1.165, 1.54) is 6.20 Å². The number of pyridine rings is 1. The Bertz CT molecular complexity index is 886. The first kappa shape index (κ1) is 15.6. The predicted molar refractivity (Wildman–Crippen MR) is 91.1 cm³/mol. The molecule has 1 fully saturated rings. The van der Waals surface area contributed by atoms with Crippen molar-refractivity contribution < 1.29 is 14.4 Å². The number of rotatable bonds is 3. The lowest BCUT2D eigenvalue weighted by atomic mass is 10.1. The Morgan fingerprint density at radius 1 is 1.16 bits per heavy atom. The predicted octanol–water partition coefficient (Wildman–Crippen LogP) is 1.89. The summed E-state index contributed by atoms with van der Waals surface area (Å²) >= 11 is 0. The molecule has 1 aliphatic heterocycles. The number of amides is 1. The zero-order valence-corrected chi connectivity index (χ0v) is 13.6. The Morgan fingerprint density at radius 2 is 1.96 bits per heavy atom. The van der Waals surface area contributed by atoms with Gasteiger partial charge in [0.25, 0.3) is 5.91 Å². The largest absolute Gasteiger partial charge is 0.505 e. The second-order valence-corrected chi connectivity index (χ2v) is 6.09. The third-order valence-corrected chi connectivity index (χ3v) is 4.51. The third-order valence-electron chi connectivity index (χ3n) is 4.51. The monoisotopic (exact) mass is 338 g/mol. The molecule has 25 heavy (non-hydrogen) atoms. The molecule has 1 aromatic carbocycles. The Morgan fingerprint density at radius 3 is 2.72 bits per heavy atom. The van der Waals surface area contributed by atoms with Gasteiger partial charge in [0.05, 0.1) is 23.0 Å². The minimum Gasteiger partial charge on any atom is -0.505 e. The number of hydrogen-bond acceptors (Lipinski definition) is 6. The lowest BCUT2D eigenvalue weighted by Crippen LogP contribution is -2.48. The van der Waals surface area contributed by atoms with Gasteiger partial charge < -0.3 is 14.5 Å². The number of hydrogen-bond donors (Lipinski definition) is 1. The van der Waals surface area contributed by atoms with Crippen LogP contribution < -0.4 is 0 Å². The first-order chi connectivity index (χ1) is 12.2. The molecule has 0 aliphatic carbocycles. The van der Waals surface area contributed by atoms with Crippen molar-refractivity contribution in [2.24, 2.45) is 0 Å². The maximum absolute atomic E-state index is 13.0. The van der Waals surface area contributed by atoms with Crippen LogP contribution in [0.3, 0.4) is 0 Å². The Hall–Kier alpha value is -2.93. The van der Waals surface area contributed by atoms with Gasteiger partial charge in [0.15, 0.2) is 0 Å². The molecule has 1 aliphatic rings. The summed E-state index contributed by atoms with van der Waals surface area (Å²) in [6, 6.07) is 9.20. The van der Waals surface area contributed by atoms with Gasteiger partial charge in [-0.25, -0.2) is 0 Å². The quantitative estimate of drug-likeness (QED) is 0.785. The molecule has 0 spiro atoms. The molecule has 0 bridgehead atoms. The van der Waals surface area contributed by atoms with Crippen molar-refractivity contribution in [2.45, 2.75) is 6.54 Å². The molecule has 128 valence electrons. The number of carbonyl (C=O) groups excluding carboxylic acids is 1. The van der Waals surface area contributed by atoms with Gasteiger partial charge in [0, 0.05) is 44.2 Å². The highest BCUT2D eigenvalue weighted by Gasteiger charge is 2.26. The van der Waals surface area contributed by atoms with Crippen LogP contribution in [0.15, 0.2) is 47.3 Å². The van der Waals surface area contributed by atoms with Gasteiger partial charge in [-0.15, -0.1) is 0 Å². The molecule has 0 saturated carbocycles. The maximum atomic E-state index is 13.0. The standard InChI is InChI=1S/C18H18N4O3/c23-16-11-19-15-4-2-1-3-14(15)17(16)18(24)22-8-6-21(7-9-22)12-13-5-10-25-20-13/h1-5,10-11,23H,6-9,12H2. The molecule has 3 heterocycles. The van der Waals surface area contributed by atoms with Gasteiger partial charge in [-0.1, -0.05) is 23.4 Å². The van der Waals surface area contributed by atoms with E-state index in [4.69, 9.17) is 4.52 Å². The lowest BCUT2D eigenvalue weighted by Gasteiger charge is -2.34. The van der Waals surface area contributed by atoms with Crippen LogP contribution in [0.1, 0.15) is 16.1 Å². The summed E-state index contributed by atoms with van der Waals surface area (Å²) < 4.78 is 4.85. The number of aromatic hydroxyl groups is 1. The number of benzene rings is 1.